The van der Waals surface area contributed by atoms with Crippen LogP contribution < -0.4 is 17.0 Å². The van der Waals surface area contributed by atoms with Crippen LogP contribution in [0.2, 0.25) is 10.0 Å². The van der Waals surface area contributed by atoms with Crippen LogP contribution in [0.1, 0.15) is 24.0 Å². The lowest BCUT2D eigenvalue weighted by atomic mass is 9.86. The van der Waals surface area contributed by atoms with Crippen LogP contribution in [-0.2, 0) is 15.1 Å². The molecule has 4 rings (SSSR count). The summed E-state index contributed by atoms with van der Waals surface area (Å²) in [6, 6.07) is 7.33. The maximum Gasteiger partial charge on any atom is 0.347 e. The maximum atomic E-state index is 14.2. The van der Waals surface area contributed by atoms with Gasteiger partial charge in [-0.3, -0.25) is 0 Å². The van der Waals surface area contributed by atoms with Gasteiger partial charge in [0.05, 0.1) is 24.1 Å². The largest absolute Gasteiger partial charge is 1.00 e. The van der Waals surface area contributed by atoms with E-state index in [1.165, 1.54) is 24.3 Å². The minimum atomic E-state index is -2.44. The van der Waals surface area contributed by atoms with Crippen LogP contribution in [0, 0.1) is 11.6 Å². The number of ether oxygens (including phenoxy) is 1. The first-order chi connectivity index (χ1) is 14.5. The summed E-state index contributed by atoms with van der Waals surface area (Å²) < 4.78 is 34.9. The van der Waals surface area contributed by atoms with Crippen LogP contribution in [0.5, 0.6) is 0 Å². The Morgan fingerprint density at radius 3 is 1.84 bits per heavy atom. The second-order valence-corrected chi connectivity index (χ2v) is 9.43. The number of aliphatic hydroxyl groups is 1. The fourth-order valence-corrected chi connectivity index (χ4v) is 4.69. The van der Waals surface area contributed by atoms with Crippen molar-refractivity contribution in [1.82, 2.24) is 0 Å². The third-order valence-corrected chi connectivity index (χ3v) is 7.13. The van der Waals surface area contributed by atoms with E-state index in [2.05, 4.69) is 26.2 Å². The molecule has 2 aliphatic rings. The van der Waals surface area contributed by atoms with Gasteiger partial charge in [0.1, 0.15) is 29.8 Å². The highest BCUT2D eigenvalue weighted by Gasteiger charge is 2.49. The van der Waals surface area contributed by atoms with E-state index in [-0.39, 0.29) is 50.2 Å². The molecule has 0 radical (unpaired) electrons. The average Bonchev–Trinajstić information content (AvgIpc) is 2.88. The van der Waals surface area contributed by atoms with E-state index in [4.69, 9.17) is 27.9 Å². The van der Waals surface area contributed by atoms with Crippen LogP contribution in [0.4, 0.5) is 8.78 Å². The van der Waals surface area contributed by atoms with Crippen LogP contribution in [0.25, 0.3) is 0 Å². The molecule has 9 heteroatoms. The Morgan fingerprint density at radius 1 is 1.00 bits per heavy atom. The van der Waals surface area contributed by atoms with Crippen molar-refractivity contribution in [2.75, 3.05) is 14.1 Å². The van der Waals surface area contributed by atoms with Crippen LogP contribution in [0.15, 0.2) is 48.6 Å². The van der Waals surface area contributed by atoms with Gasteiger partial charge in [0.2, 0.25) is 5.60 Å². The number of rotatable bonds is 4. The summed E-state index contributed by atoms with van der Waals surface area (Å²) in [6.07, 6.45) is 4.98. The Morgan fingerprint density at radius 2 is 1.44 bits per heavy atom. The fourth-order valence-electron chi connectivity index (χ4n) is 4.46. The number of carbonyl (C=O) groups is 1. The van der Waals surface area contributed by atoms with E-state index in [1.54, 1.807) is 0 Å². The molecule has 4 nitrogen and oxygen atoms in total. The fraction of sp³-hybridized carbons (Fsp3) is 0.348. The van der Waals surface area contributed by atoms with Crippen molar-refractivity contribution in [2.24, 2.45) is 0 Å². The van der Waals surface area contributed by atoms with Crippen LogP contribution >= 0.6 is 23.2 Å². The van der Waals surface area contributed by atoms with Gasteiger partial charge in [-0.1, -0.05) is 35.3 Å². The Hall–Kier alpha value is -1.51. The number of hydrogen-bond acceptors (Lipinski definition) is 3. The smallest absolute Gasteiger partial charge is 0.347 e. The lowest BCUT2D eigenvalue weighted by molar-refractivity contribution is -0.926. The average molecular weight is 549 g/mol. The number of quaternary nitrogens is 1. The summed E-state index contributed by atoms with van der Waals surface area (Å²) in [5.41, 5.74) is -2.67. The van der Waals surface area contributed by atoms with Crippen molar-refractivity contribution in [3.8, 4) is 0 Å². The first-order valence-electron chi connectivity index (χ1n) is 9.89. The van der Waals surface area contributed by atoms with Crippen molar-refractivity contribution in [1.29, 1.82) is 0 Å². The normalized spacial score (nSPS) is 23.5. The number of benzene rings is 2. The Balaban J connectivity index is 0.00000289. The van der Waals surface area contributed by atoms with Crippen molar-refractivity contribution in [3.05, 3.63) is 81.4 Å². The summed E-state index contributed by atoms with van der Waals surface area (Å²) in [6.45, 7) is 0. The molecule has 2 bridgehead atoms. The van der Waals surface area contributed by atoms with Crippen molar-refractivity contribution < 1.29 is 44.9 Å². The second kappa shape index (κ2) is 9.03. The van der Waals surface area contributed by atoms with E-state index in [0.29, 0.717) is 12.8 Å². The SMILES string of the molecule is C[N+]1(C)C2C=C[C@@H]1CC(OC(=O)C(O)(c1ccc(Cl)c(F)c1)c1ccc(Cl)c(F)c1)C2.[Br-]. The van der Waals surface area contributed by atoms with Gasteiger partial charge in [0.25, 0.3) is 0 Å². The zero-order valence-corrected chi connectivity index (χ0v) is 20.5. The van der Waals surface area contributed by atoms with E-state index in [1.807, 2.05) is 0 Å². The third kappa shape index (κ3) is 4.21. The molecule has 0 amide bonds. The van der Waals surface area contributed by atoms with E-state index in [9.17, 15) is 18.7 Å². The van der Waals surface area contributed by atoms with Gasteiger partial charge in [0, 0.05) is 24.0 Å². The zero-order chi connectivity index (χ0) is 22.6. The molecule has 0 spiro atoms. The first-order valence-corrected chi connectivity index (χ1v) is 10.6. The molecule has 2 unspecified atom stereocenters. The number of esters is 1. The Bertz CT molecular complexity index is 1010. The Labute approximate surface area is 205 Å². The molecule has 2 heterocycles. The third-order valence-electron chi connectivity index (χ3n) is 6.52. The molecule has 32 heavy (non-hydrogen) atoms. The predicted molar refractivity (Wildman–Crippen MR) is 114 cm³/mol. The minimum Gasteiger partial charge on any atom is -1.00 e. The molecule has 1 N–H and O–H groups in total. The van der Waals surface area contributed by atoms with Gasteiger partial charge >= 0.3 is 5.97 Å². The molecule has 172 valence electrons. The molecule has 0 aromatic heterocycles. The minimum absolute atomic E-state index is 0. The number of piperidine rings is 1. The molecule has 1 fully saturated rings. The number of carbonyl (C=O) groups excluding carboxylic acids is 1. The zero-order valence-electron chi connectivity index (χ0n) is 17.4. The molecular weight excluding hydrogens is 527 g/mol. The van der Waals surface area contributed by atoms with Gasteiger partial charge in [-0.25, -0.2) is 13.6 Å². The summed E-state index contributed by atoms with van der Waals surface area (Å²) >= 11 is 11.5. The van der Waals surface area contributed by atoms with Crippen molar-refractivity contribution in [3.63, 3.8) is 0 Å². The first kappa shape index (κ1) is 25.1. The van der Waals surface area contributed by atoms with Gasteiger partial charge in [0.15, 0.2) is 0 Å². The quantitative estimate of drug-likeness (QED) is 0.359. The molecule has 3 atom stereocenters. The summed E-state index contributed by atoms with van der Waals surface area (Å²) in [5.74, 6) is -2.65. The van der Waals surface area contributed by atoms with Gasteiger partial charge < -0.3 is 31.3 Å². The van der Waals surface area contributed by atoms with Crippen molar-refractivity contribution >= 4 is 29.2 Å². The number of hydrogen-bond donors (Lipinski definition) is 1. The highest BCUT2D eigenvalue weighted by molar-refractivity contribution is 6.31. The highest BCUT2D eigenvalue weighted by Crippen LogP contribution is 2.39. The van der Waals surface area contributed by atoms with Gasteiger partial charge in [-0.05, 0) is 36.4 Å². The molecule has 2 aliphatic heterocycles. The molecule has 2 aromatic carbocycles. The molecular formula is C23H22BrCl2F2NO3. The predicted octanol–water partition coefficient (Wildman–Crippen LogP) is 1.60. The summed E-state index contributed by atoms with van der Waals surface area (Å²) in [7, 11) is 4.24. The van der Waals surface area contributed by atoms with E-state index in [0.717, 1.165) is 16.6 Å². The van der Waals surface area contributed by atoms with E-state index < -0.39 is 29.3 Å². The lowest BCUT2D eigenvalue weighted by Crippen LogP contribution is -3.00. The molecule has 0 saturated carbocycles. The topological polar surface area (TPSA) is 46.5 Å². The highest BCUT2D eigenvalue weighted by atomic mass is 79.9. The number of halogens is 5. The second-order valence-electron chi connectivity index (χ2n) is 8.62. The number of likely N-dealkylation sites (N-methyl/N-ethyl adjacent to an activating group) is 1. The van der Waals surface area contributed by atoms with Crippen LogP contribution in [0.3, 0.4) is 0 Å². The van der Waals surface area contributed by atoms with Gasteiger partial charge in [-0.15, -0.1) is 0 Å². The van der Waals surface area contributed by atoms with Crippen molar-refractivity contribution in [2.45, 2.75) is 36.6 Å². The lowest BCUT2D eigenvalue weighted by Gasteiger charge is -2.44. The summed E-state index contributed by atoms with van der Waals surface area (Å²) in [4.78, 5) is 13.3. The maximum absolute atomic E-state index is 14.2. The molecule has 2 aromatic rings. The van der Waals surface area contributed by atoms with Crippen LogP contribution in [-0.4, -0.2) is 47.8 Å². The number of nitrogens with zero attached hydrogens (tertiary/aromatic N) is 1. The Kier molecular flexibility index (Phi) is 7.09. The molecule has 1 saturated heterocycles. The summed E-state index contributed by atoms with van der Waals surface area (Å²) in [5, 5.41) is 11.2. The van der Waals surface area contributed by atoms with E-state index >= 15 is 0 Å². The standard InChI is InChI=1S/C23H22Cl2F2NO3.BrH/c1-28(2)15-5-6-16(28)12-17(11-15)31-22(29)23(30,13-3-7-18(24)20(26)9-13)14-4-8-19(25)21(27)10-14;/h3-10,15-17,30H,11-12H2,1-2H3;1H/q+1;/p-1/t15-,16?,17?;/m1./s1. The molecule has 0 aliphatic carbocycles. The monoisotopic (exact) mass is 547 g/mol. The number of fused-ring (bicyclic) bond motifs is 2. The van der Waals surface area contributed by atoms with Gasteiger partial charge in [-0.2, -0.15) is 0 Å².